The van der Waals surface area contributed by atoms with Gasteiger partial charge in [-0.25, -0.2) is 8.42 Å². The van der Waals surface area contributed by atoms with E-state index in [9.17, 15) is 13.2 Å². The van der Waals surface area contributed by atoms with Crippen molar-refractivity contribution in [3.63, 3.8) is 0 Å². The highest BCUT2D eigenvalue weighted by Crippen LogP contribution is 2.47. The minimum atomic E-state index is -3.15. The topological polar surface area (TPSA) is 87.0 Å². The molecule has 3 atom stereocenters. The number of carbonyl (C=O) groups excluding carboxylic acids is 1. The highest BCUT2D eigenvalue weighted by Gasteiger charge is 2.44. The molecule has 1 aliphatic heterocycles. The zero-order chi connectivity index (χ0) is 15.0. The second-order valence-corrected chi connectivity index (χ2v) is 7.39. The summed E-state index contributed by atoms with van der Waals surface area (Å²) in [7, 11) is -3.15. The predicted molar refractivity (Wildman–Crippen MR) is 76.9 cm³/mol. The highest BCUT2D eigenvalue weighted by molar-refractivity contribution is 7.94. The van der Waals surface area contributed by atoms with E-state index in [-0.39, 0.29) is 23.5 Å². The predicted octanol–water partition coefficient (Wildman–Crippen LogP) is 1.09. The fourth-order valence-corrected chi connectivity index (χ4v) is 3.85. The molecule has 0 aromatic heterocycles. The Morgan fingerprint density at radius 3 is 2.57 bits per heavy atom. The third-order valence-electron chi connectivity index (χ3n) is 3.85. The maximum absolute atomic E-state index is 12.1. The van der Waals surface area contributed by atoms with Gasteiger partial charge < -0.3 is 5.32 Å². The molecule has 1 aliphatic carbocycles. The van der Waals surface area contributed by atoms with Crippen molar-refractivity contribution in [2.24, 2.45) is 5.92 Å². The molecule has 0 radical (unpaired) electrons. The summed E-state index contributed by atoms with van der Waals surface area (Å²) in [6.45, 7) is 0. The zero-order valence-corrected chi connectivity index (χ0v) is 12.0. The first-order valence-corrected chi connectivity index (χ1v) is 8.41. The van der Waals surface area contributed by atoms with Crippen molar-refractivity contribution in [2.45, 2.75) is 18.4 Å². The second-order valence-electron chi connectivity index (χ2n) is 5.46. The lowest BCUT2D eigenvalue weighted by Gasteiger charge is -2.09. The van der Waals surface area contributed by atoms with Crippen molar-refractivity contribution in [3.8, 4) is 6.07 Å². The Kier molecular flexibility index (Phi) is 3.30. The number of nitrogens with one attached hydrogen (secondary N) is 1. The van der Waals surface area contributed by atoms with E-state index in [1.54, 1.807) is 12.1 Å². The Hall–Kier alpha value is -2.13. The minimum Gasteiger partial charge on any atom is -0.349 e. The molecule has 1 fully saturated rings. The quantitative estimate of drug-likeness (QED) is 0.905. The van der Waals surface area contributed by atoms with Crippen LogP contribution in [0.2, 0.25) is 0 Å². The van der Waals surface area contributed by atoms with Crippen LogP contribution in [0.3, 0.4) is 0 Å². The van der Waals surface area contributed by atoms with E-state index in [1.807, 2.05) is 12.1 Å². The van der Waals surface area contributed by atoms with E-state index < -0.39 is 15.9 Å². The Labute approximate surface area is 123 Å². The van der Waals surface area contributed by atoms with Gasteiger partial charge in [-0.3, -0.25) is 4.79 Å². The van der Waals surface area contributed by atoms with Crippen molar-refractivity contribution in [1.82, 2.24) is 5.32 Å². The smallest absolute Gasteiger partial charge is 0.224 e. The fraction of sp³-hybridized carbons (Fsp3) is 0.333. The molecule has 1 aromatic rings. The van der Waals surface area contributed by atoms with Gasteiger partial charge in [0.2, 0.25) is 5.91 Å². The van der Waals surface area contributed by atoms with E-state index in [2.05, 4.69) is 11.4 Å². The largest absolute Gasteiger partial charge is 0.349 e. The van der Waals surface area contributed by atoms with Crippen LogP contribution in [0.4, 0.5) is 0 Å². The van der Waals surface area contributed by atoms with Gasteiger partial charge in [0.1, 0.15) is 0 Å². The molecule has 0 bridgehead atoms. The third kappa shape index (κ3) is 2.98. The number of amides is 1. The van der Waals surface area contributed by atoms with Crippen molar-refractivity contribution < 1.29 is 13.2 Å². The second kappa shape index (κ2) is 5.01. The Morgan fingerprint density at radius 1 is 1.29 bits per heavy atom. The van der Waals surface area contributed by atoms with Crippen molar-refractivity contribution in [3.05, 3.63) is 46.9 Å². The molecule has 1 N–H and O–H groups in total. The molecule has 1 aromatic carbocycles. The van der Waals surface area contributed by atoms with Gasteiger partial charge in [0.05, 0.1) is 23.4 Å². The van der Waals surface area contributed by atoms with Gasteiger partial charge in [0.15, 0.2) is 9.84 Å². The van der Waals surface area contributed by atoms with Crippen molar-refractivity contribution in [1.29, 1.82) is 5.26 Å². The van der Waals surface area contributed by atoms with Crippen molar-refractivity contribution in [2.75, 3.05) is 5.75 Å². The van der Waals surface area contributed by atoms with Gasteiger partial charge in [-0.1, -0.05) is 12.1 Å². The average Bonchev–Trinajstić information content (AvgIpc) is 3.19. The number of rotatable bonds is 3. The molecule has 1 amide bonds. The van der Waals surface area contributed by atoms with Crippen LogP contribution in [0.1, 0.15) is 23.5 Å². The summed E-state index contributed by atoms with van der Waals surface area (Å²) in [6, 6.07) is 8.88. The first-order chi connectivity index (χ1) is 9.98. The van der Waals surface area contributed by atoms with E-state index in [0.717, 1.165) is 17.4 Å². The maximum Gasteiger partial charge on any atom is 0.224 e. The van der Waals surface area contributed by atoms with Crippen molar-refractivity contribution >= 4 is 15.7 Å². The molecule has 108 valence electrons. The standard InChI is InChI=1S/C15H14N2O3S/c16-8-10-1-3-11(4-2-10)13-7-14(13)15(18)17-12-5-6-21(19,20)9-12/h1-6,12-14H,7,9H2,(H,17,18). The van der Waals surface area contributed by atoms with Gasteiger partial charge in [-0.05, 0) is 36.1 Å². The number of benzene rings is 1. The summed E-state index contributed by atoms with van der Waals surface area (Å²) in [4.78, 5) is 12.1. The Bertz CT molecular complexity index is 744. The molecule has 1 saturated carbocycles. The van der Waals surface area contributed by atoms with Gasteiger partial charge in [-0.15, -0.1) is 0 Å². The third-order valence-corrected chi connectivity index (χ3v) is 5.25. The highest BCUT2D eigenvalue weighted by atomic mass is 32.2. The molecule has 0 saturated heterocycles. The molecule has 2 aliphatic rings. The Balaban J connectivity index is 1.59. The molecule has 3 unspecified atom stereocenters. The van der Waals surface area contributed by atoms with E-state index >= 15 is 0 Å². The van der Waals surface area contributed by atoms with Gasteiger partial charge >= 0.3 is 0 Å². The number of nitriles is 1. The minimum absolute atomic E-state index is 0.0486. The molecule has 21 heavy (non-hydrogen) atoms. The van der Waals surface area contributed by atoms with E-state index in [1.165, 1.54) is 6.08 Å². The van der Waals surface area contributed by atoms with Crippen LogP contribution in [0.5, 0.6) is 0 Å². The van der Waals surface area contributed by atoms with Crippen LogP contribution in [0.15, 0.2) is 35.7 Å². The Morgan fingerprint density at radius 2 is 2.00 bits per heavy atom. The molecular formula is C15H14N2O3S. The summed E-state index contributed by atoms with van der Waals surface area (Å²) in [5, 5.41) is 12.7. The number of nitrogens with zero attached hydrogens (tertiary/aromatic N) is 1. The van der Waals surface area contributed by atoms with Gasteiger partial charge in [0.25, 0.3) is 0 Å². The molecule has 5 nitrogen and oxygen atoms in total. The monoisotopic (exact) mass is 302 g/mol. The maximum atomic E-state index is 12.1. The number of hydrogen-bond acceptors (Lipinski definition) is 4. The molecule has 0 spiro atoms. The molecule has 1 heterocycles. The summed E-state index contributed by atoms with van der Waals surface area (Å²) in [5.41, 5.74) is 1.64. The number of hydrogen-bond donors (Lipinski definition) is 1. The van der Waals surface area contributed by atoms with Crippen LogP contribution in [0.25, 0.3) is 0 Å². The summed E-state index contributed by atoms with van der Waals surface area (Å²) in [5.74, 6) is -0.0852. The lowest BCUT2D eigenvalue weighted by Crippen LogP contribution is -2.36. The normalized spacial score (nSPS) is 28.8. The summed E-state index contributed by atoms with van der Waals surface area (Å²) in [6.07, 6.45) is 2.28. The fourth-order valence-electron chi connectivity index (χ4n) is 2.61. The number of carbonyl (C=O) groups is 1. The first kappa shape index (κ1) is 13.8. The molecule has 3 rings (SSSR count). The lowest BCUT2D eigenvalue weighted by atomic mass is 10.1. The first-order valence-electron chi connectivity index (χ1n) is 6.70. The SMILES string of the molecule is N#Cc1ccc(C2CC2C(=O)NC2C=CS(=O)(=O)C2)cc1. The van der Waals surface area contributed by atoms with E-state index in [0.29, 0.717) is 5.56 Å². The summed E-state index contributed by atoms with van der Waals surface area (Å²) >= 11 is 0. The zero-order valence-electron chi connectivity index (χ0n) is 11.2. The molecular weight excluding hydrogens is 288 g/mol. The average molecular weight is 302 g/mol. The molecule has 6 heteroatoms. The van der Waals surface area contributed by atoms with Crippen LogP contribution in [-0.4, -0.2) is 26.1 Å². The lowest BCUT2D eigenvalue weighted by molar-refractivity contribution is -0.122. The van der Waals surface area contributed by atoms with Gasteiger partial charge in [0, 0.05) is 11.3 Å². The van der Waals surface area contributed by atoms with Crippen LogP contribution < -0.4 is 5.32 Å². The summed E-state index contributed by atoms with van der Waals surface area (Å²) < 4.78 is 22.6. The number of sulfone groups is 1. The van der Waals surface area contributed by atoms with Crippen LogP contribution >= 0.6 is 0 Å². The van der Waals surface area contributed by atoms with Crippen LogP contribution in [-0.2, 0) is 14.6 Å². The van der Waals surface area contributed by atoms with Crippen LogP contribution in [0, 0.1) is 17.2 Å². The van der Waals surface area contributed by atoms with E-state index in [4.69, 9.17) is 5.26 Å². The van der Waals surface area contributed by atoms with Gasteiger partial charge in [-0.2, -0.15) is 5.26 Å².